The number of rotatable bonds is 4. The van der Waals surface area contributed by atoms with Crippen LogP contribution in [0.5, 0.6) is 5.75 Å². The van der Waals surface area contributed by atoms with Gasteiger partial charge in [0.1, 0.15) is 5.75 Å². The zero-order valence-electron chi connectivity index (χ0n) is 9.63. The number of methoxy groups -OCH3 is 1. The molecule has 0 amide bonds. The zero-order chi connectivity index (χ0) is 12.3. The SMILES string of the molecule is COc1c(C(F)F)cc(C)cc1C(C)CO. The predicted octanol–water partition coefficient (Wildman–Crippen LogP) is 3.04. The van der Waals surface area contributed by atoms with Gasteiger partial charge in [-0.15, -0.1) is 0 Å². The molecule has 0 aliphatic rings. The Labute approximate surface area is 93.9 Å². The summed E-state index contributed by atoms with van der Waals surface area (Å²) in [4.78, 5) is 0. The first-order valence-corrected chi connectivity index (χ1v) is 5.08. The molecule has 16 heavy (non-hydrogen) atoms. The van der Waals surface area contributed by atoms with E-state index < -0.39 is 6.43 Å². The van der Waals surface area contributed by atoms with Crippen LogP contribution in [0.1, 0.15) is 36.0 Å². The van der Waals surface area contributed by atoms with Crippen LogP contribution >= 0.6 is 0 Å². The average molecular weight is 230 g/mol. The summed E-state index contributed by atoms with van der Waals surface area (Å²) >= 11 is 0. The van der Waals surface area contributed by atoms with E-state index in [-0.39, 0.29) is 23.8 Å². The van der Waals surface area contributed by atoms with Gasteiger partial charge in [-0.25, -0.2) is 8.78 Å². The highest BCUT2D eigenvalue weighted by molar-refractivity contribution is 5.46. The molecule has 2 nitrogen and oxygen atoms in total. The number of hydrogen-bond donors (Lipinski definition) is 1. The summed E-state index contributed by atoms with van der Waals surface area (Å²) in [6.45, 7) is 3.42. The van der Waals surface area contributed by atoms with Crippen molar-refractivity contribution in [2.24, 2.45) is 0 Å². The van der Waals surface area contributed by atoms with Crippen LogP contribution in [0.2, 0.25) is 0 Å². The van der Waals surface area contributed by atoms with Gasteiger partial charge in [0.15, 0.2) is 0 Å². The van der Waals surface area contributed by atoms with Gasteiger partial charge in [-0.1, -0.05) is 18.6 Å². The number of aryl methyl sites for hydroxylation is 1. The quantitative estimate of drug-likeness (QED) is 0.861. The van der Waals surface area contributed by atoms with Crippen LogP contribution in [0.4, 0.5) is 8.78 Å². The van der Waals surface area contributed by atoms with Crippen molar-refractivity contribution < 1.29 is 18.6 Å². The number of aliphatic hydroxyl groups excluding tert-OH is 1. The molecule has 0 aliphatic carbocycles. The third-order valence-corrected chi connectivity index (χ3v) is 2.53. The maximum atomic E-state index is 12.8. The molecule has 0 spiro atoms. The highest BCUT2D eigenvalue weighted by Crippen LogP contribution is 2.36. The van der Waals surface area contributed by atoms with Gasteiger partial charge in [-0.05, 0) is 18.6 Å². The molecule has 0 heterocycles. The summed E-state index contributed by atoms with van der Waals surface area (Å²) in [5.41, 5.74) is 1.25. The third-order valence-electron chi connectivity index (χ3n) is 2.53. The van der Waals surface area contributed by atoms with E-state index in [1.807, 2.05) is 0 Å². The van der Waals surface area contributed by atoms with Crippen LogP contribution in [0.3, 0.4) is 0 Å². The van der Waals surface area contributed by atoms with Gasteiger partial charge in [0.25, 0.3) is 6.43 Å². The van der Waals surface area contributed by atoms with Crippen molar-refractivity contribution >= 4 is 0 Å². The standard InChI is InChI=1S/C12H16F2O2/c1-7-4-9(8(2)6-15)11(16-3)10(5-7)12(13)14/h4-5,8,12,15H,6H2,1-3H3. The van der Waals surface area contributed by atoms with Crippen LogP contribution in [-0.4, -0.2) is 18.8 Å². The van der Waals surface area contributed by atoms with Gasteiger partial charge in [-0.3, -0.25) is 0 Å². The fraction of sp³-hybridized carbons (Fsp3) is 0.500. The lowest BCUT2D eigenvalue weighted by Crippen LogP contribution is -2.05. The van der Waals surface area contributed by atoms with Crippen molar-refractivity contribution in [3.8, 4) is 5.75 Å². The maximum absolute atomic E-state index is 12.8. The summed E-state index contributed by atoms with van der Waals surface area (Å²) < 4.78 is 30.6. The van der Waals surface area contributed by atoms with Crippen LogP contribution < -0.4 is 4.74 Å². The second-order valence-electron chi connectivity index (χ2n) is 3.86. The van der Waals surface area contributed by atoms with E-state index in [9.17, 15) is 8.78 Å². The number of ether oxygens (including phenoxy) is 1. The summed E-state index contributed by atoms with van der Waals surface area (Å²) in [6, 6.07) is 3.18. The fourth-order valence-electron chi connectivity index (χ4n) is 1.69. The third kappa shape index (κ3) is 2.50. The van der Waals surface area contributed by atoms with Gasteiger partial charge in [-0.2, -0.15) is 0 Å². The molecule has 0 saturated heterocycles. The van der Waals surface area contributed by atoms with Crippen LogP contribution in [0.15, 0.2) is 12.1 Å². The van der Waals surface area contributed by atoms with Crippen molar-refractivity contribution in [1.29, 1.82) is 0 Å². The van der Waals surface area contributed by atoms with Crippen LogP contribution in [0, 0.1) is 6.92 Å². The van der Waals surface area contributed by atoms with Crippen molar-refractivity contribution in [3.63, 3.8) is 0 Å². The Balaban J connectivity index is 3.35. The van der Waals surface area contributed by atoms with Gasteiger partial charge in [0.05, 0.1) is 12.7 Å². The molecule has 1 aromatic carbocycles. The van der Waals surface area contributed by atoms with Gasteiger partial charge < -0.3 is 9.84 Å². The molecule has 90 valence electrons. The maximum Gasteiger partial charge on any atom is 0.267 e. The smallest absolute Gasteiger partial charge is 0.267 e. The minimum atomic E-state index is -2.57. The van der Waals surface area contributed by atoms with E-state index in [0.29, 0.717) is 5.56 Å². The first-order chi connectivity index (χ1) is 7.51. The van der Waals surface area contributed by atoms with E-state index >= 15 is 0 Å². The summed E-state index contributed by atoms with van der Waals surface area (Å²) in [5.74, 6) is -0.0329. The van der Waals surface area contributed by atoms with Gasteiger partial charge >= 0.3 is 0 Å². The molecular formula is C12H16F2O2. The number of hydrogen-bond acceptors (Lipinski definition) is 2. The second-order valence-corrected chi connectivity index (χ2v) is 3.86. The van der Waals surface area contributed by atoms with Crippen LogP contribution in [0.25, 0.3) is 0 Å². The molecule has 4 heteroatoms. The van der Waals surface area contributed by atoms with Crippen molar-refractivity contribution in [3.05, 3.63) is 28.8 Å². The van der Waals surface area contributed by atoms with Crippen LogP contribution in [-0.2, 0) is 0 Å². The van der Waals surface area contributed by atoms with Gasteiger partial charge in [0, 0.05) is 12.5 Å². The molecule has 0 fully saturated rings. The molecule has 1 aromatic rings. The topological polar surface area (TPSA) is 29.5 Å². The lowest BCUT2D eigenvalue weighted by molar-refractivity contribution is 0.146. The number of benzene rings is 1. The van der Waals surface area contributed by atoms with Crippen molar-refractivity contribution in [2.45, 2.75) is 26.2 Å². The minimum absolute atomic E-state index is 0.0948. The summed E-state index contributed by atoms with van der Waals surface area (Å²) in [7, 11) is 1.37. The van der Waals surface area contributed by atoms with E-state index in [1.54, 1.807) is 19.9 Å². The predicted molar refractivity (Wildman–Crippen MR) is 58.2 cm³/mol. The minimum Gasteiger partial charge on any atom is -0.496 e. The Morgan fingerprint density at radius 1 is 1.31 bits per heavy atom. The lowest BCUT2D eigenvalue weighted by atomic mass is 9.95. The largest absolute Gasteiger partial charge is 0.496 e. The number of aliphatic hydroxyl groups is 1. The monoisotopic (exact) mass is 230 g/mol. The Bertz CT molecular complexity index is 364. The highest BCUT2D eigenvalue weighted by atomic mass is 19.3. The van der Waals surface area contributed by atoms with E-state index in [2.05, 4.69) is 0 Å². The lowest BCUT2D eigenvalue weighted by Gasteiger charge is -2.18. The second kappa shape index (κ2) is 5.25. The fourth-order valence-corrected chi connectivity index (χ4v) is 1.69. The molecule has 1 N–H and O–H groups in total. The van der Waals surface area contributed by atoms with E-state index in [1.165, 1.54) is 13.2 Å². The molecular weight excluding hydrogens is 214 g/mol. The Morgan fingerprint density at radius 2 is 1.88 bits per heavy atom. The molecule has 0 aliphatic heterocycles. The normalized spacial score (nSPS) is 12.9. The van der Waals surface area contributed by atoms with Crippen molar-refractivity contribution in [1.82, 2.24) is 0 Å². The molecule has 0 aromatic heterocycles. The first kappa shape index (κ1) is 12.9. The van der Waals surface area contributed by atoms with E-state index in [4.69, 9.17) is 9.84 Å². The zero-order valence-corrected chi connectivity index (χ0v) is 9.63. The molecule has 1 rings (SSSR count). The Hall–Kier alpha value is -1.16. The van der Waals surface area contributed by atoms with Crippen molar-refractivity contribution in [2.75, 3.05) is 13.7 Å². The summed E-state index contributed by atoms with van der Waals surface area (Å²) in [5, 5.41) is 9.09. The first-order valence-electron chi connectivity index (χ1n) is 5.08. The Morgan fingerprint density at radius 3 is 2.31 bits per heavy atom. The van der Waals surface area contributed by atoms with Gasteiger partial charge in [0.2, 0.25) is 0 Å². The molecule has 0 saturated carbocycles. The molecule has 0 radical (unpaired) electrons. The average Bonchev–Trinajstić information content (AvgIpc) is 2.26. The Kier molecular flexibility index (Phi) is 4.24. The van der Waals surface area contributed by atoms with E-state index in [0.717, 1.165) is 5.56 Å². The summed E-state index contributed by atoms with van der Waals surface area (Å²) in [6.07, 6.45) is -2.57. The number of halogens is 2. The number of alkyl halides is 2. The highest BCUT2D eigenvalue weighted by Gasteiger charge is 2.20. The molecule has 1 unspecified atom stereocenters. The molecule has 0 bridgehead atoms. The molecule has 1 atom stereocenters.